The van der Waals surface area contributed by atoms with Crippen LogP contribution in [0.4, 0.5) is 5.69 Å². The van der Waals surface area contributed by atoms with E-state index in [0.717, 1.165) is 17.7 Å². The van der Waals surface area contributed by atoms with Crippen LogP contribution in [-0.4, -0.2) is 38.3 Å². The van der Waals surface area contributed by atoms with Gasteiger partial charge in [-0.2, -0.15) is 4.31 Å². The SMILES string of the molecule is CCN(CC)S(=O)(=O)c1csc(C(=O)N2CCc3ccccc32)c1. The number of fused-ring (bicyclic) bond motifs is 1. The number of benzene rings is 1. The Balaban J connectivity index is 1.88. The third-order valence-electron chi connectivity index (χ3n) is 4.26. The Labute approximate surface area is 146 Å². The van der Waals surface area contributed by atoms with Crippen LogP contribution in [0.3, 0.4) is 0 Å². The maximum absolute atomic E-state index is 12.8. The molecule has 2 heterocycles. The number of para-hydroxylation sites is 1. The average Bonchev–Trinajstić information content (AvgIpc) is 3.23. The van der Waals surface area contributed by atoms with E-state index in [1.165, 1.54) is 21.7 Å². The Morgan fingerprint density at radius 2 is 1.96 bits per heavy atom. The van der Waals surface area contributed by atoms with Gasteiger partial charge in [-0.25, -0.2) is 8.42 Å². The molecule has 2 aromatic rings. The summed E-state index contributed by atoms with van der Waals surface area (Å²) in [5.41, 5.74) is 2.07. The van der Waals surface area contributed by atoms with Gasteiger partial charge in [0.15, 0.2) is 0 Å². The Kier molecular flexibility index (Phi) is 4.76. The zero-order valence-electron chi connectivity index (χ0n) is 13.7. The summed E-state index contributed by atoms with van der Waals surface area (Å²) in [7, 11) is -3.52. The molecule has 0 radical (unpaired) electrons. The van der Waals surface area contributed by atoms with Crippen LogP contribution in [0.2, 0.25) is 0 Å². The van der Waals surface area contributed by atoms with Crippen molar-refractivity contribution in [2.24, 2.45) is 0 Å². The maximum Gasteiger partial charge on any atom is 0.268 e. The predicted molar refractivity (Wildman–Crippen MR) is 96.2 cm³/mol. The van der Waals surface area contributed by atoms with Crippen molar-refractivity contribution in [1.82, 2.24) is 4.31 Å². The molecular weight excluding hydrogens is 344 g/mol. The molecule has 1 amide bonds. The van der Waals surface area contributed by atoms with Crippen molar-refractivity contribution in [2.75, 3.05) is 24.5 Å². The van der Waals surface area contributed by atoms with E-state index >= 15 is 0 Å². The van der Waals surface area contributed by atoms with E-state index in [0.29, 0.717) is 24.5 Å². The molecule has 0 saturated carbocycles. The van der Waals surface area contributed by atoms with Crippen molar-refractivity contribution >= 4 is 33.0 Å². The normalized spacial score (nSPS) is 14.2. The lowest BCUT2D eigenvalue weighted by molar-refractivity contribution is 0.0993. The number of carbonyl (C=O) groups excluding carboxylic acids is 1. The van der Waals surface area contributed by atoms with Crippen LogP contribution < -0.4 is 4.90 Å². The number of hydrogen-bond acceptors (Lipinski definition) is 4. The number of thiophene rings is 1. The van der Waals surface area contributed by atoms with Crippen LogP contribution in [0.1, 0.15) is 29.1 Å². The summed E-state index contributed by atoms with van der Waals surface area (Å²) in [5.74, 6) is -0.133. The van der Waals surface area contributed by atoms with Crippen LogP contribution in [0.25, 0.3) is 0 Å². The highest BCUT2D eigenvalue weighted by atomic mass is 32.2. The van der Waals surface area contributed by atoms with Gasteiger partial charge in [0.05, 0.1) is 9.77 Å². The molecule has 0 bridgehead atoms. The quantitative estimate of drug-likeness (QED) is 0.819. The van der Waals surface area contributed by atoms with E-state index in [9.17, 15) is 13.2 Å². The minimum Gasteiger partial charge on any atom is -0.307 e. The molecule has 0 saturated heterocycles. The summed E-state index contributed by atoms with van der Waals surface area (Å²) in [4.78, 5) is 15.2. The van der Waals surface area contributed by atoms with Crippen LogP contribution in [-0.2, 0) is 16.4 Å². The second kappa shape index (κ2) is 6.66. The molecule has 1 aliphatic rings. The van der Waals surface area contributed by atoms with Gasteiger partial charge in [0.25, 0.3) is 5.91 Å². The van der Waals surface area contributed by atoms with Crippen LogP contribution in [0, 0.1) is 0 Å². The number of amides is 1. The fourth-order valence-corrected chi connectivity index (χ4v) is 5.63. The predicted octanol–water partition coefficient (Wildman–Crippen LogP) is 2.98. The molecule has 7 heteroatoms. The summed E-state index contributed by atoms with van der Waals surface area (Å²) in [5, 5.41) is 1.56. The van der Waals surface area contributed by atoms with Gasteiger partial charge in [0.2, 0.25) is 10.0 Å². The van der Waals surface area contributed by atoms with Crippen molar-refractivity contribution in [1.29, 1.82) is 0 Å². The monoisotopic (exact) mass is 364 g/mol. The van der Waals surface area contributed by atoms with Gasteiger partial charge in [-0.15, -0.1) is 11.3 Å². The Morgan fingerprint density at radius 1 is 1.25 bits per heavy atom. The molecule has 3 rings (SSSR count). The minimum absolute atomic E-state index is 0.133. The number of hydrogen-bond donors (Lipinski definition) is 0. The molecule has 0 fully saturated rings. The molecule has 0 N–H and O–H groups in total. The number of nitrogens with zero attached hydrogens (tertiary/aromatic N) is 2. The molecular formula is C17H20N2O3S2. The van der Waals surface area contributed by atoms with Gasteiger partial charge < -0.3 is 4.90 Å². The molecule has 0 aliphatic carbocycles. The molecule has 0 spiro atoms. The van der Waals surface area contributed by atoms with Gasteiger partial charge in [-0.1, -0.05) is 32.0 Å². The number of sulfonamides is 1. The lowest BCUT2D eigenvalue weighted by Crippen LogP contribution is -2.30. The molecule has 1 aromatic heterocycles. The second-order valence-corrected chi connectivity index (χ2v) is 8.42. The third kappa shape index (κ3) is 2.87. The molecule has 1 aliphatic heterocycles. The van der Waals surface area contributed by atoms with Gasteiger partial charge in [0.1, 0.15) is 0 Å². The largest absolute Gasteiger partial charge is 0.307 e. The first kappa shape index (κ1) is 17.1. The van der Waals surface area contributed by atoms with Crippen molar-refractivity contribution < 1.29 is 13.2 Å². The number of anilines is 1. The van der Waals surface area contributed by atoms with E-state index in [4.69, 9.17) is 0 Å². The van der Waals surface area contributed by atoms with Crippen LogP contribution >= 0.6 is 11.3 Å². The third-order valence-corrected chi connectivity index (χ3v) is 7.36. The summed E-state index contributed by atoms with van der Waals surface area (Å²) < 4.78 is 26.5. The fourth-order valence-electron chi connectivity index (χ4n) is 2.96. The highest BCUT2D eigenvalue weighted by Crippen LogP contribution is 2.31. The molecule has 0 atom stereocenters. The lowest BCUT2D eigenvalue weighted by atomic mass is 10.2. The van der Waals surface area contributed by atoms with Crippen molar-refractivity contribution in [3.8, 4) is 0 Å². The summed E-state index contributed by atoms with van der Waals surface area (Å²) in [6.07, 6.45) is 0.831. The van der Waals surface area contributed by atoms with Crippen molar-refractivity contribution in [3.05, 3.63) is 46.2 Å². The molecule has 5 nitrogen and oxygen atoms in total. The van der Waals surface area contributed by atoms with Gasteiger partial charge in [-0.3, -0.25) is 4.79 Å². The molecule has 1 aromatic carbocycles. The first-order valence-corrected chi connectivity index (χ1v) is 10.3. The van der Waals surface area contributed by atoms with E-state index in [1.807, 2.05) is 24.3 Å². The van der Waals surface area contributed by atoms with E-state index in [1.54, 1.807) is 24.1 Å². The average molecular weight is 364 g/mol. The summed E-state index contributed by atoms with van der Waals surface area (Å²) in [6.45, 7) is 5.07. The number of carbonyl (C=O) groups is 1. The van der Waals surface area contributed by atoms with Gasteiger partial charge in [0, 0.05) is 30.7 Å². The van der Waals surface area contributed by atoms with E-state index < -0.39 is 10.0 Å². The maximum atomic E-state index is 12.8. The zero-order chi connectivity index (χ0) is 17.3. The highest BCUT2D eigenvalue weighted by Gasteiger charge is 2.29. The minimum atomic E-state index is -3.52. The van der Waals surface area contributed by atoms with Crippen molar-refractivity contribution in [2.45, 2.75) is 25.2 Å². The first-order chi connectivity index (χ1) is 11.5. The molecule has 24 heavy (non-hydrogen) atoms. The topological polar surface area (TPSA) is 57.7 Å². The first-order valence-electron chi connectivity index (χ1n) is 7.97. The van der Waals surface area contributed by atoms with Gasteiger partial charge >= 0.3 is 0 Å². The highest BCUT2D eigenvalue weighted by molar-refractivity contribution is 7.89. The Bertz CT molecular complexity index is 854. The van der Waals surface area contributed by atoms with Crippen molar-refractivity contribution in [3.63, 3.8) is 0 Å². The van der Waals surface area contributed by atoms with Crippen LogP contribution in [0.5, 0.6) is 0 Å². The number of rotatable bonds is 5. The second-order valence-electron chi connectivity index (χ2n) is 5.57. The van der Waals surface area contributed by atoms with Crippen LogP contribution in [0.15, 0.2) is 40.6 Å². The molecule has 128 valence electrons. The standard InChI is InChI=1S/C17H20N2O3S2/c1-3-18(4-2)24(21,22)14-11-16(23-12-14)17(20)19-10-9-13-7-5-6-8-15(13)19/h5-8,11-12H,3-4,9-10H2,1-2H3. The zero-order valence-corrected chi connectivity index (χ0v) is 15.4. The Morgan fingerprint density at radius 3 is 2.67 bits per heavy atom. The lowest BCUT2D eigenvalue weighted by Gasteiger charge is -2.17. The Hall–Kier alpha value is -1.70. The molecule has 0 unspecified atom stereocenters. The van der Waals surface area contributed by atoms with Gasteiger partial charge in [-0.05, 0) is 24.1 Å². The summed E-state index contributed by atoms with van der Waals surface area (Å²) >= 11 is 1.19. The smallest absolute Gasteiger partial charge is 0.268 e. The fraction of sp³-hybridized carbons (Fsp3) is 0.353. The van der Waals surface area contributed by atoms with E-state index in [2.05, 4.69) is 0 Å². The van der Waals surface area contributed by atoms with E-state index in [-0.39, 0.29) is 10.8 Å². The summed E-state index contributed by atoms with van der Waals surface area (Å²) in [6, 6.07) is 9.33.